The highest BCUT2D eigenvalue weighted by molar-refractivity contribution is 7.89. The Morgan fingerprint density at radius 1 is 1.24 bits per heavy atom. The minimum atomic E-state index is -3.86. The third-order valence-corrected chi connectivity index (χ3v) is 7.89. The Morgan fingerprint density at radius 3 is 2.59 bits per heavy atom. The molecule has 1 aliphatic rings. The number of pyridine rings is 1. The second-order valence-electron chi connectivity index (χ2n) is 9.38. The van der Waals surface area contributed by atoms with Crippen molar-refractivity contribution < 1.29 is 18.3 Å². The summed E-state index contributed by atoms with van der Waals surface area (Å²) in [5, 5.41) is 9.79. The molecule has 0 saturated carbocycles. The number of rotatable bonds is 6. The van der Waals surface area contributed by atoms with Gasteiger partial charge in [-0.2, -0.15) is 4.31 Å². The maximum absolute atomic E-state index is 13.6. The molecule has 0 aliphatic carbocycles. The fourth-order valence-electron chi connectivity index (χ4n) is 3.92. The largest absolute Gasteiger partial charge is 0.487 e. The first kappa shape index (κ1) is 26.2. The lowest BCUT2D eigenvalue weighted by molar-refractivity contribution is 0.0733. The molecule has 1 N–H and O–H groups in total. The molecule has 3 atom stereocenters. The molecule has 3 rings (SSSR count). The van der Waals surface area contributed by atoms with Crippen molar-refractivity contribution in [2.45, 2.75) is 51.3 Å². The van der Waals surface area contributed by atoms with Gasteiger partial charge in [-0.3, -0.25) is 9.88 Å². The van der Waals surface area contributed by atoms with Crippen LogP contribution in [0.25, 0.3) is 0 Å². The highest BCUT2D eigenvalue weighted by Crippen LogP contribution is 2.34. The number of likely N-dealkylation sites (N-methyl/N-ethyl adjacent to an activating group) is 1. The Bertz CT molecular complexity index is 1130. The lowest BCUT2D eigenvalue weighted by atomic mass is 10.0. The van der Waals surface area contributed by atoms with Crippen LogP contribution in [-0.2, 0) is 16.6 Å². The molecule has 0 fully saturated rings. The summed E-state index contributed by atoms with van der Waals surface area (Å²) in [6.07, 6.45) is 3.28. The molecular formula is C26H35N3O4S. The molecule has 2 heterocycles. The van der Waals surface area contributed by atoms with Crippen molar-refractivity contribution in [3.8, 4) is 17.6 Å². The minimum absolute atomic E-state index is 0.108. The molecule has 1 aromatic carbocycles. The standard InChI is InChI=1S/C26H35N3O4S/c1-19(2)6-7-22-8-9-26-24(14-22)33-25(17-28(5)16-23-10-12-27-13-11-23)20(3)15-29(21(4)18-30)34(26,31)32/h8-14,19-21,25,30H,15-18H2,1-5H3/t20-,21-,25-/m0/s1. The van der Waals surface area contributed by atoms with Gasteiger partial charge in [0.1, 0.15) is 16.7 Å². The van der Waals surface area contributed by atoms with Gasteiger partial charge in [0.05, 0.1) is 6.61 Å². The van der Waals surface area contributed by atoms with Crippen molar-refractivity contribution in [2.75, 3.05) is 26.7 Å². The third kappa shape index (κ3) is 6.36. The quantitative estimate of drug-likeness (QED) is 0.634. The number of nitrogens with zero attached hydrogens (tertiary/aromatic N) is 3. The molecule has 0 spiro atoms. The summed E-state index contributed by atoms with van der Waals surface area (Å²) in [6, 6.07) is 8.41. The van der Waals surface area contributed by atoms with Gasteiger partial charge >= 0.3 is 0 Å². The van der Waals surface area contributed by atoms with Gasteiger partial charge in [0.2, 0.25) is 10.0 Å². The molecule has 184 valence electrons. The Kier molecular flexibility index (Phi) is 8.72. The van der Waals surface area contributed by atoms with E-state index in [0.717, 1.165) is 12.1 Å². The fraction of sp³-hybridized carbons (Fsp3) is 0.500. The molecule has 0 radical (unpaired) electrons. The molecule has 2 aromatic rings. The maximum Gasteiger partial charge on any atom is 0.247 e. The zero-order chi connectivity index (χ0) is 24.9. The number of hydrogen-bond acceptors (Lipinski definition) is 6. The maximum atomic E-state index is 13.6. The second kappa shape index (κ2) is 11.3. The number of aromatic nitrogens is 1. The van der Waals surface area contributed by atoms with Gasteiger partial charge in [-0.1, -0.05) is 32.6 Å². The fourth-order valence-corrected chi connectivity index (χ4v) is 5.75. The van der Waals surface area contributed by atoms with Gasteiger partial charge in [-0.25, -0.2) is 8.42 Å². The summed E-state index contributed by atoms with van der Waals surface area (Å²) in [5.41, 5.74) is 1.85. The number of aliphatic hydroxyl groups excluding tert-OH is 1. The molecule has 7 nitrogen and oxygen atoms in total. The molecule has 8 heteroatoms. The van der Waals surface area contributed by atoms with Crippen molar-refractivity contribution in [1.29, 1.82) is 0 Å². The number of fused-ring (bicyclic) bond motifs is 1. The lowest BCUT2D eigenvalue weighted by Crippen LogP contribution is -2.49. The van der Waals surface area contributed by atoms with Crippen LogP contribution in [0.4, 0.5) is 0 Å². The third-order valence-electron chi connectivity index (χ3n) is 5.87. The number of ether oxygens (including phenoxy) is 1. The highest BCUT2D eigenvalue weighted by atomic mass is 32.2. The van der Waals surface area contributed by atoms with Gasteiger partial charge in [0.15, 0.2) is 0 Å². The van der Waals surface area contributed by atoms with Crippen LogP contribution in [0.15, 0.2) is 47.6 Å². The highest BCUT2D eigenvalue weighted by Gasteiger charge is 2.38. The van der Waals surface area contributed by atoms with E-state index >= 15 is 0 Å². The smallest absolute Gasteiger partial charge is 0.247 e. The van der Waals surface area contributed by atoms with Crippen LogP contribution in [-0.4, -0.2) is 66.6 Å². The number of sulfonamides is 1. The van der Waals surface area contributed by atoms with Crippen LogP contribution in [0, 0.1) is 23.7 Å². The zero-order valence-electron chi connectivity index (χ0n) is 20.6. The van der Waals surface area contributed by atoms with E-state index in [2.05, 4.69) is 21.7 Å². The first-order valence-corrected chi connectivity index (χ1v) is 13.1. The number of hydrogen-bond donors (Lipinski definition) is 1. The van der Waals surface area contributed by atoms with Crippen molar-refractivity contribution in [2.24, 2.45) is 11.8 Å². The van der Waals surface area contributed by atoms with Crippen molar-refractivity contribution >= 4 is 10.0 Å². The van der Waals surface area contributed by atoms with Crippen LogP contribution in [0.5, 0.6) is 5.75 Å². The number of benzene rings is 1. The van der Waals surface area contributed by atoms with E-state index in [-0.39, 0.29) is 36.0 Å². The summed E-state index contributed by atoms with van der Waals surface area (Å²) in [4.78, 5) is 6.34. The Hall–Kier alpha value is -2.44. The molecule has 0 saturated heterocycles. The minimum Gasteiger partial charge on any atom is -0.487 e. The summed E-state index contributed by atoms with van der Waals surface area (Å²) < 4.78 is 34.9. The zero-order valence-corrected chi connectivity index (χ0v) is 21.4. The van der Waals surface area contributed by atoms with Crippen LogP contribution in [0.2, 0.25) is 0 Å². The summed E-state index contributed by atoms with van der Waals surface area (Å²) in [6.45, 7) is 9.05. The van der Waals surface area contributed by atoms with Crippen LogP contribution in [0.1, 0.15) is 38.8 Å². The van der Waals surface area contributed by atoms with Crippen LogP contribution in [0.3, 0.4) is 0 Å². The first-order valence-electron chi connectivity index (χ1n) is 11.6. The molecular weight excluding hydrogens is 450 g/mol. The lowest BCUT2D eigenvalue weighted by Gasteiger charge is -2.37. The van der Waals surface area contributed by atoms with E-state index in [4.69, 9.17) is 4.74 Å². The van der Waals surface area contributed by atoms with Crippen molar-refractivity contribution in [1.82, 2.24) is 14.2 Å². The summed E-state index contributed by atoms with van der Waals surface area (Å²) in [5.74, 6) is 6.62. The molecule has 34 heavy (non-hydrogen) atoms. The van der Waals surface area contributed by atoms with Gasteiger partial charge in [0.25, 0.3) is 0 Å². The van der Waals surface area contributed by atoms with E-state index in [9.17, 15) is 13.5 Å². The second-order valence-corrected chi connectivity index (χ2v) is 11.2. The Balaban J connectivity index is 1.99. The van der Waals surface area contributed by atoms with Gasteiger partial charge in [0, 0.05) is 55.5 Å². The van der Waals surface area contributed by atoms with E-state index in [1.165, 1.54) is 4.31 Å². The van der Waals surface area contributed by atoms with Gasteiger partial charge in [-0.05, 0) is 49.9 Å². The molecule has 0 bridgehead atoms. The van der Waals surface area contributed by atoms with E-state index in [1.807, 2.05) is 40.0 Å². The van der Waals surface area contributed by atoms with E-state index in [0.29, 0.717) is 17.9 Å². The Morgan fingerprint density at radius 2 is 1.94 bits per heavy atom. The van der Waals surface area contributed by atoms with Crippen molar-refractivity contribution in [3.05, 3.63) is 53.9 Å². The average Bonchev–Trinajstić information content (AvgIpc) is 2.80. The molecule has 1 aromatic heterocycles. The SMILES string of the molecule is CC(C)C#Cc1ccc2c(c1)O[C@@H](CN(C)Cc1ccncc1)[C@@H](C)CN([C@@H](C)CO)S2(=O)=O. The number of aliphatic hydroxyl groups is 1. The molecule has 0 unspecified atom stereocenters. The van der Waals surface area contributed by atoms with Crippen LogP contribution >= 0.6 is 0 Å². The van der Waals surface area contributed by atoms with Gasteiger partial charge < -0.3 is 9.84 Å². The normalized spacial score (nSPS) is 21.1. The monoisotopic (exact) mass is 485 g/mol. The average molecular weight is 486 g/mol. The summed E-state index contributed by atoms with van der Waals surface area (Å²) in [7, 11) is -1.84. The molecule has 1 aliphatic heterocycles. The predicted octanol–water partition coefficient (Wildman–Crippen LogP) is 2.99. The molecule has 0 amide bonds. The van der Waals surface area contributed by atoms with E-state index in [1.54, 1.807) is 37.5 Å². The van der Waals surface area contributed by atoms with Crippen molar-refractivity contribution in [3.63, 3.8) is 0 Å². The van der Waals surface area contributed by atoms with Gasteiger partial charge in [-0.15, -0.1) is 0 Å². The predicted molar refractivity (Wildman–Crippen MR) is 133 cm³/mol. The topological polar surface area (TPSA) is 83.0 Å². The Labute approximate surface area is 203 Å². The first-order chi connectivity index (χ1) is 16.1. The summed E-state index contributed by atoms with van der Waals surface area (Å²) >= 11 is 0. The van der Waals surface area contributed by atoms with Crippen LogP contribution < -0.4 is 4.74 Å². The van der Waals surface area contributed by atoms with E-state index < -0.39 is 16.1 Å².